The average molecular weight is 550 g/mol. The molecule has 0 saturated heterocycles. The lowest BCUT2D eigenvalue weighted by Gasteiger charge is -2.39. The number of methoxy groups -OCH3 is 1. The number of pyridine rings is 1. The molecule has 1 atom stereocenters. The van der Waals surface area contributed by atoms with Crippen LogP contribution in [0.3, 0.4) is 0 Å². The van der Waals surface area contributed by atoms with Crippen molar-refractivity contribution >= 4 is 5.91 Å². The number of amides is 1. The van der Waals surface area contributed by atoms with E-state index in [0.29, 0.717) is 42.6 Å². The van der Waals surface area contributed by atoms with Crippen LogP contribution in [0.4, 0.5) is 0 Å². The molecule has 0 bridgehead atoms. The van der Waals surface area contributed by atoms with Gasteiger partial charge in [-0.3, -0.25) is 9.59 Å². The van der Waals surface area contributed by atoms with Gasteiger partial charge in [0.05, 0.1) is 18.7 Å². The first-order valence-corrected chi connectivity index (χ1v) is 14.7. The summed E-state index contributed by atoms with van der Waals surface area (Å²) in [4.78, 5) is 34.2. The minimum Gasteiger partial charge on any atom is -0.448 e. The van der Waals surface area contributed by atoms with Gasteiger partial charge >= 0.3 is 0 Å². The first-order chi connectivity index (χ1) is 19.0. The van der Waals surface area contributed by atoms with Gasteiger partial charge in [-0.05, 0) is 90.6 Å². The van der Waals surface area contributed by atoms with Crippen LogP contribution in [0.2, 0.25) is 0 Å². The predicted molar refractivity (Wildman–Crippen MR) is 153 cm³/mol. The van der Waals surface area contributed by atoms with Gasteiger partial charge in [-0.1, -0.05) is 0 Å². The Morgan fingerprint density at radius 2 is 1.73 bits per heavy atom. The molecule has 0 unspecified atom stereocenters. The molecule has 0 radical (unpaired) electrons. The highest BCUT2D eigenvalue weighted by atomic mass is 16.7. The van der Waals surface area contributed by atoms with Crippen LogP contribution in [0.1, 0.15) is 89.3 Å². The molecule has 3 heterocycles. The summed E-state index contributed by atoms with van der Waals surface area (Å²) in [5, 5.41) is 0. The number of carbonyl (C=O) groups excluding carboxylic acids is 1. The lowest BCUT2D eigenvalue weighted by molar-refractivity contribution is -0.123. The molecule has 1 amide bonds. The summed E-state index contributed by atoms with van der Waals surface area (Å²) in [5.74, 6) is 0.879. The molecule has 1 aromatic carbocycles. The van der Waals surface area contributed by atoms with E-state index in [1.807, 2.05) is 31.7 Å². The Morgan fingerprint density at radius 3 is 2.33 bits per heavy atom. The highest BCUT2D eigenvalue weighted by molar-refractivity contribution is 6.01. The molecule has 1 spiro atoms. The van der Waals surface area contributed by atoms with E-state index < -0.39 is 5.79 Å². The van der Waals surface area contributed by atoms with Crippen molar-refractivity contribution in [2.24, 2.45) is 5.92 Å². The number of ether oxygens (including phenoxy) is 3. The molecule has 216 valence electrons. The fourth-order valence-electron chi connectivity index (χ4n) is 7.58. The van der Waals surface area contributed by atoms with Crippen LogP contribution < -0.4 is 15.0 Å². The molecule has 1 N–H and O–H groups in total. The van der Waals surface area contributed by atoms with Crippen LogP contribution in [0.25, 0.3) is 0 Å². The van der Waals surface area contributed by atoms with Gasteiger partial charge in [0.1, 0.15) is 0 Å². The number of rotatable bonds is 6. The molecule has 2 aliphatic carbocycles. The van der Waals surface area contributed by atoms with Crippen molar-refractivity contribution in [1.29, 1.82) is 0 Å². The number of hydrogen-bond acceptors (Lipinski definition) is 6. The van der Waals surface area contributed by atoms with Crippen LogP contribution in [0.5, 0.6) is 11.5 Å². The number of H-pyrrole nitrogens is 1. The summed E-state index contributed by atoms with van der Waals surface area (Å²) in [7, 11) is 6.00. The van der Waals surface area contributed by atoms with Crippen molar-refractivity contribution in [2.45, 2.75) is 96.6 Å². The quantitative estimate of drug-likeness (QED) is 0.560. The van der Waals surface area contributed by atoms with Crippen molar-refractivity contribution in [2.75, 3.05) is 27.7 Å². The van der Waals surface area contributed by atoms with E-state index in [9.17, 15) is 9.59 Å². The van der Waals surface area contributed by atoms with E-state index in [4.69, 9.17) is 14.2 Å². The van der Waals surface area contributed by atoms with Gasteiger partial charge in [0.2, 0.25) is 0 Å². The van der Waals surface area contributed by atoms with E-state index in [-0.39, 0.29) is 22.8 Å². The number of aromatic nitrogens is 1. The zero-order valence-electron chi connectivity index (χ0n) is 25.0. The Morgan fingerprint density at radius 1 is 1.05 bits per heavy atom. The smallest absolute Gasteiger partial charge is 0.254 e. The SMILES string of the molecule is COCc1c2c(c(C)c3c1C1(CC1)CN(Cc1c(C)cc(C)[nH]c1=O)C3=O)O[C@](C)(C1CCC(N(C)C)CC1)O2. The summed E-state index contributed by atoms with van der Waals surface area (Å²) in [6.07, 6.45) is 6.29. The topological polar surface area (TPSA) is 84.1 Å². The molecule has 40 heavy (non-hydrogen) atoms. The number of fused-ring (bicyclic) bond motifs is 3. The van der Waals surface area contributed by atoms with Crippen LogP contribution in [0, 0.1) is 26.7 Å². The molecule has 4 aliphatic rings. The highest BCUT2D eigenvalue weighted by Gasteiger charge is 2.56. The Balaban J connectivity index is 1.39. The van der Waals surface area contributed by atoms with E-state index in [1.165, 1.54) is 0 Å². The molecule has 1 aromatic heterocycles. The van der Waals surface area contributed by atoms with Gasteiger partial charge < -0.3 is 29.0 Å². The lowest BCUT2D eigenvalue weighted by atomic mass is 9.80. The van der Waals surface area contributed by atoms with E-state index in [0.717, 1.165) is 72.2 Å². The largest absolute Gasteiger partial charge is 0.448 e. The molecular weight excluding hydrogens is 506 g/mol. The average Bonchev–Trinajstić information content (AvgIpc) is 3.57. The summed E-state index contributed by atoms with van der Waals surface area (Å²) in [5.41, 5.74) is 5.69. The second-order valence-electron chi connectivity index (χ2n) is 13.0. The first-order valence-electron chi connectivity index (χ1n) is 14.7. The van der Waals surface area contributed by atoms with Crippen molar-refractivity contribution in [3.05, 3.63) is 55.5 Å². The molecule has 2 aliphatic heterocycles. The minimum absolute atomic E-state index is 0.0479. The van der Waals surface area contributed by atoms with E-state index in [2.05, 4.69) is 30.9 Å². The fraction of sp³-hybridized carbons (Fsp3) is 0.625. The second-order valence-corrected chi connectivity index (χ2v) is 13.0. The number of aromatic amines is 1. The van der Waals surface area contributed by atoms with Crippen LogP contribution in [0.15, 0.2) is 10.9 Å². The zero-order chi connectivity index (χ0) is 28.6. The maximum atomic E-state index is 14.2. The number of hydrogen-bond donors (Lipinski definition) is 1. The summed E-state index contributed by atoms with van der Waals surface area (Å²) in [6, 6.07) is 2.56. The summed E-state index contributed by atoms with van der Waals surface area (Å²) in [6.45, 7) is 9.13. The third-order valence-electron chi connectivity index (χ3n) is 10.0. The Bertz CT molecular complexity index is 1420. The minimum atomic E-state index is -0.775. The summed E-state index contributed by atoms with van der Waals surface area (Å²) >= 11 is 0. The monoisotopic (exact) mass is 549 g/mol. The van der Waals surface area contributed by atoms with E-state index >= 15 is 0 Å². The maximum absolute atomic E-state index is 14.2. The van der Waals surface area contributed by atoms with Gasteiger partial charge in [-0.15, -0.1) is 0 Å². The van der Waals surface area contributed by atoms with Crippen molar-refractivity contribution in [3.63, 3.8) is 0 Å². The standard InChI is InChI=1S/C32H43N3O5/c1-18-14-19(2)33-29(36)23(18)15-35-17-32(12-13-32)26-24(16-38-7)28-27(20(3)25(26)30(35)37)39-31(4,40-28)21-8-10-22(11-9-21)34(5)6/h14,21-22H,8-13,15-17H2,1-7H3,(H,33,36)/t21?,22?,31-/m0/s1. The molecule has 2 fully saturated rings. The number of aryl methyl sites for hydroxylation is 2. The Hall–Kier alpha value is -2.84. The second kappa shape index (κ2) is 9.62. The van der Waals surface area contributed by atoms with Gasteiger partial charge in [0, 0.05) is 60.3 Å². The lowest BCUT2D eigenvalue weighted by Crippen LogP contribution is -2.46. The Kier molecular flexibility index (Phi) is 6.58. The van der Waals surface area contributed by atoms with Crippen molar-refractivity contribution < 1.29 is 19.0 Å². The fourth-order valence-corrected chi connectivity index (χ4v) is 7.58. The number of nitrogens with one attached hydrogen (secondary N) is 1. The molecule has 2 aromatic rings. The zero-order valence-corrected chi connectivity index (χ0v) is 25.0. The first kappa shape index (κ1) is 27.3. The van der Waals surface area contributed by atoms with Crippen LogP contribution in [-0.4, -0.2) is 60.3 Å². The van der Waals surface area contributed by atoms with Crippen LogP contribution >= 0.6 is 0 Å². The predicted octanol–water partition coefficient (Wildman–Crippen LogP) is 4.74. The van der Waals surface area contributed by atoms with Gasteiger partial charge in [0.25, 0.3) is 17.3 Å². The third kappa shape index (κ3) is 4.26. The number of nitrogens with zero attached hydrogens (tertiary/aromatic N) is 2. The van der Waals surface area contributed by atoms with E-state index in [1.54, 1.807) is 7.11 Å². The van der Waals surface area contributed by atoms with Crippen LogP contribution in [-0.2, 0) is 23.3 Å². The highest BCUT2D eigenvalue weighted by Crippen LogP contribution is 2.60. The third-order valence-corrected chi connectivity index (χ3v) is 10.0. The molecule has 8 heteroatoms. The summed E-state index contributed by atoms with van der Waals surface area (Å²) < 4.78 is 19.3. The number of benzene rings is 1. The molecule has 6 rings (SSSR count). The maximum Gasteiger partial charge on any atom is 0.254 e. The van der Waals surface area contributed by atoms with Crippen molar-refractivity contribution in [1.82, 2.24) is 14.8 Å². The molecule has 8 nitrogen and oxygen atoms in total. The molecule has 2 saturated carbocycles. The van der Waals surface area contributed by atoms with Crippen molar-refractivity contribution in [3.8, 4) is 11.5 Å². The number of carbonyl (C=O) groups is 1. The van der Waals surface area contributed by atoms with Gasteiger partial charge in [-0.2, -0.15) is 0 Å². The molecular formula is C32H43N3O5. The van der Waals surface area contributed by atoms with Gasteiger partial charge in [0.15, 0.2) is 11.5 Å². The normalized spacial score (nSPS) is 26.5. The van der Waals surface area contributed by atoms with Gasteiger partial charge in [-0.25, -0.2) is 0 Å². The Labute approximate surface area is 237 Å².